The SMILES string of the molecule is C=C(C#Cc1ccc(OC)cc1)CNS(=O)(=O)c1ccc(C)cc1. The topological polar surface area (TPSA) is 55.4 Å². The highest BCUT2D eigenvalue weighted by Gasteiger charge is 2.12. The summed E-state index contributed by atoms with van der Waals surface area (Å²) in [7, 11) is -1.96. The van der Waals surface area contributed by atoms with E-state index in [0.29, 0.717) is 5.57 Å². The number of nitrogens with one attached hydrogen (secondary N) is 1. The second-order valence-corrected chi connectivity index (χ2v) is 6.99. The number of sulfonamides is 1. The highest BCUT2D eigenvalue weighted by Crippen LogP contribution is 2.11. The fraction of sp³-hybridized carbons (Fsp3) is 0.158. The first-order valence-electron chi connectivity index (χ1n) is 7.31. The minimum Gasteiger partial charge on any atom is -0.497 e. The third-order valence-electron chi connectivity index (χ3n) is 3.28. The predicted molar refractivity (Wildman–Crippen MR) is 95.4 cm³/mol. The van der Waals surface area contributed by atoms with Gasteiger partial charge in [0.2, 0.25) is 10.0 Å². The van der Waals surface area contributed by atoms with Gasteiger partial charge in [0.05, 0.1) is 12.0 Å². The monoisotopic (exact) mass is 341 g/mol. The van der Waals surface area contributed by atoms with Gasteiger partial charge in [0.15, 0.2) is 0 Å². The molecule has 0 amide bonds. The van der Waals surface area contributed by atoms with Gasteiger partial charge in [-0.15, -0.1) is 0 Å². The number of methoxy groups -OCH3 is 1. The quantitative estimate of drug-likeness (QED) is 0.851. The Bertz CT molecular complexity index is 871. The fourth-order valence-electron chi connectivity index (χ4n) is 1.86. The zero-order chi connectivity index (χ0) is 17.6. The second kappa shape index (κ2) is 7.82. The Balaban J connectivity index is 1.97. The van der Waals surface area contributed by atoms with Gasteiger partial charge in [0.1, 0.15) is 5.75 Å². The van der Waals surface area contributed by atoms with Crippen molar-refractivity contribution in [3.63, 3.8) is 0 Å². The largest absolute Gasteiger partial charge is 0.497 e. The maximum atomic E-state index is 12.2. The van der Waals surface area contributed by atoms with E-state index in [2.05, 4.69) is 23.1 Å². The van der Waals surface area contributed by atoms with E-state index in [1.165, 1.54) is 0 Å². The van der Waals surface area contributed by atoms with Crippen LogP contribution in [0.5, 0.6) is 5.75 Å². The van der Waals surface area contributed by atoms with Gasteiger partial charge < -0.3 is 4.74 Å². The Morgan fingerprint density at radius 2 is 1.75 bits per heavy atom. The molecule has 0 bridgehead atoms. The molecule has 0 unspecified atom stereocenters. The van der Waals surface area contributed by atoms with E-state index in [0.717, 1.165) is 16.9 Å². The van der Waals surface area contributed by atoms with Crippen molar-refractivity contribution in [3.8, 4) is 17.6 Å². The van der Waals surface area contributed by atoms with Crippen molar-refractivity contribution in [3.05, 3.63) is 71.8 Å². The molecule has 2 aromatic rings. The van der Waals surface area contributed by atoms with Crippen molar-refractivity contribution < 1.29 is 13.2 Å². The number of hydrogen-bond donors (Lipinski definition) is 1. The molecule has 0 aliphatic carbocycles. The number of aryl methyl sites for hydroxylation is 1. The van der Waals surface area contributed by atoms with Gasteiger partial charge in [0.25, 0.3) is 0 Å². The summed E-state index contributed by atoms with van der Waals surface area (Å²) in [6.07, 6.45) is 0. The molecule has 2 rings (SSSR count). The molecule has 2 aromatic carbocycles. The number of ether oxygens (including phenoxy) is 1. The van der Waals surface area contributed by atoms with E-state index < -0.39 is 10.0 Å². The lowest BCUT2D eigenvalue weighted by molar-refractivity contribution is 0.415. The molecule has 5 heteroatoms. The smallest absolute Gasteiger partial charge is 0.240 e. The van der Waals surface area contributed by atoms with Gasteiger partial charge >= 0.3 is 0 Å². The summed E-state index contributed by atoms with van der Waals surface area (Å²) >= 11 is 0. The van der Waals surface area contributed by atoms with E-state index >= 15 is 0 Å². The minimum absolute atomic E-state index is 0.0688. The first-order chi connectivity index (χ1) is 11.4. The normalized spacial score (nSPS) is 10.6. The van der Waals surface area contributed by atoms with Crippen LogP contribution in [0.4, 0.5) is 0 Å². The summed E-state index contributed by atoms with van der Waals surface area (Å²) in [4.78, 5) is 0.226. The highest BCUT2D eigenvalue weighted by atomic mass is 32.2. The molecule has 0 saturated heterocycles. The van der Waals surface area contributed by atoms with Crippen LogP contribution in [0.25, 0.3) is 0 Å². The highest BCUT2D eigenvalue weighted by molar-refractivity contribution is 7.89. The summed E-state index contributed by atoms with van der Waals surface area (Å²) in [6.45, 7) is 5.76. The molecule has 0 heterocycles. The van der Waals surface area contributed by atoms with Crippen molar-refractivity contribution in [2.75, 3.05) is 13.7 Å². The summed E-state index contributed by atoms with van der Waals surface area (Å²) in [5, 5.41) is 0. The second-order valence-electron chi connectivity index (χ2n) is 5.22. The molecule has 0 spiro atoms. The van der Waals surface area contributed by atoms with Crippen LogP contribution in [-0.2, 0) is 10.0 Å². The third kappa shape index (κ3) is 4.98. The molecular formula is C19H19NO3S. The predicted octanol–water partition coefficient (Wildman–Crippen LogP) is 2.89. The van der Waals surface area contributed by atoms with Crippen LogP contribution >= 0.6 is 0 Å². The molecule has 0 aliphatic heterocycles. The van der Waals surface area contributed by atoms with Crippen LogP contribution in [0, 0.1) is 18.8 Å². The third-order valence-corrected chi connectivity index (χ3v) is 4.70. The van der Waals surface area contributed by atoms with E-state index in [1.54, 1.807) is 31.4 Å². The molecule has 0 aromatic heterocycles. The molecule has 4 nitrogen and oxygen atoms in total. The van der Waals surface area contributed by atoms with Crippen molar-refractivity contribution in [2.24, 2.45) is 0 Å². The van der Waals surface area contributed by atoms with Crippen molar-refractivity contribution >= 4 is 10.0 Å². The number of benzene rings is 2. The van der Waals surface area contributed by atoms with Crippen molar-refractivity contribution in [1.82, 2.24) is 4.72 Å². The molecule has 0 fully saturated rings. The van der Waals surface area contributed by atoms with Crippen molar-refractivity contribution in [1.29, 1.82) is 0 Å². The average Bonchev–Trinajstić information content (AvgIpc) is 2.59. The van der Waals surface area contributed by atoms with Crippen LogP contribution in [0.2, 0.25) is 0 Å². The maximum Gasteiger partial charge on any atom is 0.240 e. The molecule has 24 heavy (non-hydrogen) atoms. The zero-order valence-corrected chi connectivity index (χ0v) is 14.5. The first kappa shape index (κ1) is 17.8. The molecule has 0 aliphatic rings. The van der Waals surface area contributed by atoms with Gasteiger partial charge in [-0.2, -0.15) is 0 Å². The van der Waals surface area contributed by atoms with Gasteiger partial charge in [-0.3, -0.25) is 0 Å². The lowest BCUT2D eigenvalue weighted by atomic mass is 10.2. The minimum atomic E-state index is -3.56. The zero-order valence-electron chi connectivity index (χ0n) is 13.7. The van der Waals surface area contributed by atoms with Gasteiger partial charge in [-0.05, 0) is 43.3 Å². The Morgan fingerprint density at radius 1 is 1.12 bits per heavy atom. The maximum absolute atomic E-state index is 12.2. The molecular weight excluding hydrogens is 322 g/mol. The van der Waals surface area contributed by atoms with Crippen LogP contribution in [0.3, 0.4) is 0 Å². The Hall–Kier alpha value is -2.55. The van der Waals surface area contributed by atoms with Crippen molar-refractivity contribution in [2.45, 2.75) is 11.8 Å². The molecule has 0 atom stereocenters. The number of hydrogen-bond acceptors (Lipinski definition) is 3. The summed E-state index contributed by atoms with van der Waals surface area (Å²) < 4.78 is 31.9. The van der Waals surface area contributed by atoms with E-state index in [9.17, 15) is 8.42 Å². The van der Waals surface area contributed by atoms with Gasteiger partial charge in [-0.25, -0.2) is 13.1 Å². The summed E-state index contributed by atoms with van der Waals surface area (Å²) in [5.74, 6) is 6.55. The summed E-state index contributed by atoms with van der Waals surface area (Å²) in [5.41, 5.74) is 2.29. The molecule has 124 valence electrons. The molecule has 1 N–H and O–H groups in total. The summed E-state index contributed by atoms with van der Waals surface area (Å²) in [6, 6.07) is 13.9. The van der Waals surface area contributed by atoms with Gasteiger partial charge in [0, 0.05) is 17.7 Å². The van der Waals surface area contributed by atoms with Gasteiger partial charge in [-0.1, -0.05) is 36.1 Å². The first-order valence-corrected chi connectivity index (χ1v) is 8.79. The Labute approximate surface area is 143 Å². The lowest BCUT2D eigenvalue weighted by Gasteiger charge is -2.06. The van der Waals surface area contributed by atoms with E-state index in [1.807, 2.05) is 31.2 Å². The van der Waals surface area contributed by atoms with Crippen LogP contribution < -0.4 is 9.46 Å². The Morgan fingerprint density at radius 3 is 2.33 bits per heavy atom. The molecule has 0 radical (unpaired) electrons. The van der Waals surface area contributed by atoms with Crippen LogP contribution in [-0.4, -0.2) is 22.1 Å². The van der Waals surface area contributed by atoms with Crippen LogP contribution in [0.15, 0.2) is 65.6 Å². The number of rotatable bonds is 5. The van der Waals surface area contributed by atoms with E-state index in [-0.39, 0.29) is 11.4 Å². The molecule has 0 saturated carbocycles. The lowest BCUT2D eigenvalue weighted by Crippen LogP contribution is -2.25. The van der Waals surface area contributed by atoms with Crippen LogP contribution in [0.1, 0.15) is 11.1 Å². The average molecular weight is 341 g/mol. The standard InChI is InChI=1S/C19H19NO3S/c1-15-5-12-19(13-6-15)24(21,22)20-14-16(2)4-7-17-8-10-18(23-3)11-9-17/h5-6,8-13,20H,2,14H2,1,3H3. The van der Waals surface area contributed by atoms with E-state index in [4.69, 9.17) is 4.74 Å². The Kier molecular flexibility index (Phi) is 5.80. The fourth-order valence-corrected chi connectivity index (χ4v) is 2.89.